The fraction of sp³-hybridized carbons (Fsp3) is 0.714. The molecular formula is C14H22N4O. The summed E-state index contributed by atoms with van der Waals surface area (Å²) in [5.74, 6) is 0.968. The van der Waals surface area contributed by atoms with Crippen LogP contribution in [0.1, 0.15) is 25.7 Å². The van der Waals surface area contributed by atoms with Gasteiger partial charge in [-0.2, -0.15) is 5.10 Å². The van der Waals surface area contributed by atoms with Crippen LogP contribution in [0, 0.1) is 5.92 Å². The monoisotopic (exact) mass is 262 g/mol. The first-order valence-corrected chi connectivity index (χ1v) is 7.32. The standard InChI is InChI=1S/C14H22N4O/c19-14(13-3-1-6-15-13)17-9-4-12(5-10-17)11-18-8-2-7-16-18/h2,7-8,12-13,15H,1,3-6,9-11H2. The Kier molecular flexibility index (Phi) is 3.82. The lowest BCUT2D eigenvalue weighted by molar-refractivity contribution is -0.134. The molecular weight excluding hydrogens is 240 g/mol. The lowest BCUT2D eigenvalue weighted by Gasteiger charge is -2.33. The van der Waals surface area contributed by atoms with Gasteiger partial charge in [-0.15, -0.1) is 0 Å². The SMILES string of the molecule is O=C(C1CCCN1)N1CCC(Cn2cccn2)CC1. The molecule has 1 N–H and O–H groups in total. The quantitative estimate of drug-likeness (QED) is 0.879. The van der Waals surface area contributed by atoms with Crippen LogP contribution >= 0.6 is 0 Å². The number of piperidine rings is 1. The van der Waals surface area contributed by atoms with Gasteiger partial charge in [0.1, 0.15) is 0 Å². The summed E-state index contributed by atoms with van der Waals surface area (Å²) in [6.07, 6.45) is 8.17. The third-order valence-corrected chi connectivity index (χ3v) is 4.29. The molecule has 5 heteroatoms. The van der Waals surface area contributed by atoms with E-state index in [1.165, 1.54) is 0 Å². The zero-order valence-electron chi connectivity index (χ0n) is 11.3. The minimum atomic E-state index is 0.0858. The van der Waals surface area contributed by atoms with Crippen LogP contribution < -0.4 is 5.32 Å². The first kappa shape index (κ1) is 12.7. The van der Waals surface area contributed by atoms with E-state index in [1.54, 1.807) is 0 Å². The molecule has 5 nitrogen and oxygen atoms in total. The van der Waals surface area contributed by atoms with Gasteiger partial charge in [-0.1, -0.05) is 0 Å². The zero-order valence-corrected chi connectivity index (χ0v) is 11.3. The van der Waals surface area contributed by atoms with Crippen LogP contribution in [-0.4, -0.2) is 46.3 Å². The minimum Gasteiger partial charge on any atom is -0.341 e. The van der Waals surface area contributed by atoms with Crippen molar-refractivity contribution in [3.63, 3.8) is 0 Å². The van der Waals surface area contributed by atoms with E-state index in [9.17, 15) is 4.79 Å². The number of hydrogen-bond donors (Lipinski definition) is 1. The van der Waals surface area contributed by atoms with Gasteiger partial charge in [-0.3, -0.25) is 9.48 Å². The van der Waals surface area contributed by atoms with Crippen molar-refractivity contribution < 1.29 is 4.79 Å². The maximum atomic E-state index is 12.3. The highest BCUT2D eigenvalue weighted by molar-refractivity contribution is 5.82. The molecule has 0 saturated carbocycles. The van der Waals surface area contributed by atoms with Gasteiger partial charge >= 0.3 is 0 Å². The predicted molar refractivity (Wildman–Crippen MR) is 72.6 cm³/mol. The molecule has 1 unspecified atom stereocenters. The molecule has 0 spiro atoms. The predicted octanol–water partition coefficient (Wildman–Crippen LogP) is 0.874. The number of aromatic nitrogens is 2. The summed E-state index contributed by atoms with van der Waals surface area (Å²) < 4.78 is 2.00. The van der Waals surface area contributed by atoms with Crippen molar-refractivity contribution >= 4 is 5.91 Å². The molecule has 2 aliphatic heterocycles. The molecule has 2 fully saturated rings. The van der Waals surface area contributed by atoms with Gasteiger partial charge in [0.05, 0.1) is 6.04 Å². The Morgan fingerprint density at radius 3 is 2.79 bits per heavy atom. The summed E-state index contributed by atoms with van der Waals surface area (Å²) in [7, 11) is 0. The second-order valence-corrected chi connectivity index (χ2v) is 5.65. The summed E-state index contributed by atoms with van der Waals surface area (Å²) in [4.78, 5) is 14.3. The van der Waals surface area contributed by atoms with Gasteiger partial charge < -0.3 is 10.2 Å². The molecule has 104 valence electrons. The third-order valence-electron chi connectivity index (χ3n) is 4.29. The van der Waals surface area contributed by atoms with Crippen LogP contribution in [0.3, 0.4) is 0 Å². The van der Waals surface area contributed by atoms with Gasteiger partial charge in [-0.05, 0) is 44.2 Å². The van der Waals surface area contributed by atoms with E-state index in [4.69, 9.17) is 0 Å². The molecule has 1 atom stereocenters. The number of nitrogens with zero attached hydrogens (tertiary/aromatic N) is 3. The summed E-state index contributed by atoms with van der Waals surface area (Å²) in [5.41, 5.74) is 0. The highest BCUT2D eigenvalue weighted by atomic mass is 16.2. The van der Waals surface area contributed by atoms with Gasteiger partial charge in [0, 0.05) is 32.0 Å². The Balaban J connectivity index is 1.47. The Bertz CT molecular complexity index is 403. The molecule has 0 aliphatic carbocycles. The summed E-state index contributed by atoms with van der Waals surface area (Å²) in [6, 6.07) is 2.05. The van der Waals surface area contributed by atoms with Crippen LogP contribution in [0.2, 0.25) is 0 Å². The molecule has 19 heavy (non-hydrogen) atoms. The molecule has 3 heterocycles. The minimum absolute atomic E-state index is 0.0858. The number of nitrogens with one attached hydrogen (secondary N) is 1. The smallest absolute Gasteiger partial charge is 0.239 e. The zero-order chi connectivity index (χ0) is 13.1. The number of carbonyl (C=O) groups excluding carboxylic acids is 1. The molecule has 2 saturated heterocycles. The average molecular weight is 262 g/mol. The fourth-order valence-electron chi connectivity index (χ4n) is 3.12. The number of carbonyl (C=O) groups is 1. The van der Waals surface area contributed by atoms with Gasteiger partial charge in [0.15, 0.2) is 0 Å². The van der Waals surface area contributed by atoms with E-state index in [0.717, 1.165) is 51.9 Å². The van der Waals surface area contributed by atoms with Crippen molar-refractivity contribution in [2.75, 3.05) is 19.6 Å². The number of amides is 1. The summed E-state index contributed by atoms with van der Waals surface area (Å²) >= 11 is 0. The lowest BCUT2D eigenvalue weighted by atomic mass is 9.96. The van der Waals surface area contributed by atoms with Crippen LogP contribution in [0.15, 0.2) is 18.5 Å². The van der Waals surface area contributed by atoms with E-state index < -0.39 is 0 Å². The number of likely N-dealkylation sites (tertiary alicyclic amines) is 1. The van der Waals surface area contributed by atoms with E-state index in [1.807, 2.05) is 28.0 Å². The maximum Gasteiger partial charge on any atom is 0.239 e. The molecule has 0 aromatic carbocycles. The largest absolute Gasteiger partial charge is 0.341 e. The average Bonchev–Trinajstić information content (AvgIpc) is 3.12. The number of rotatable bonds is 3. The Hall–Kier alpha value is -1.36. The van der Waals surface area contributed by atoms with Crippen LogP contribution in [0.25, 0.3) is 0 Å². The van der Waals surface area contributed by atoms with Crippen molar-refractivity contribution in [2.24, 2.45) is 5.92 Å². The van der Waals surface area contributed by atoms with Crippen molar-refractivity contribution in [3.05, 3.63) is 18.5 Å². The van der Waals surface area contributed by atoms with E-state index in [2.05, 4.69) is 10.4 Å². The van der Waals surface area contributed by atoms with E-state index in [-0.39, 0.29) is 6.04 Å². The highest BCUT2D eigenvalue weighted by Crippen LogP contribution is 2.20. The summed E-state index contributed by atoms with van der Waals surface area (Å²) in [5, 5.41) is 7.55. The van der Waals surface area contributed by atoms with E-state index >= 15 is 0 Å². The van der Waals surface area contributed by atoms with Crippen molar-refractivity contribution in [2.45, 2.75) is 38.3 Å². The molecule has 1 aromatic rings. The topological polar surface area (TPSA) is 50.2 Å². The van der Waals surface area contributed by atoms with Gasteiger partial charge in [0.25, 0.3) is 0 Å². The normalized spacial score (nSPS) is 24.8. The first-order chi connectivity index (χ1) is 9.33. The molecule has 3 rings (SSSR count). The molecule has 2 aliphatic rings. The maximum absolute atomic E-state index is 12.3. The number of hydrogen-bond acceptors (Lipinski definition) is 3. The second-order valence-electron chi connectivity index (χ2n) is 5.65. The second kappa shape index (κ2) is 5.74. The third kappa shape index (κ3) is 2.97. The molecule has 1 aromatic heterocycles. The van der Waals surface area contributed by atoms with Crippen LogP contribution in [-0.2, 0) is 11.3 Å². The lowest BCUT2D eigenvalue weighted by Crippen LogP contribution is -2.47. The molecule has 1 amide bonds. The first-order valence-electron chi connectivity index (χ1n) is 7.32. The Labute approximate surface area is 114 Å². The Morgan fingerprint density at radius 2 is 2.16 bits per heavy atom. The fourth-order valence-corrected chi connectivity index (χ4v) is 3.12. The van der Waals surface area contributed by atoms with E-state index in [0.29, 0.717) is 11.8 Å². The summed E-state index contributed by atoms with van der Waals surface area (Å²) in [6.45, 7) is 3.79. The van der Waals surface area contributed by atoms with Gasteiger partial charge in [0.2, 0.25) is 5.91 Å². The highest BCUT2D eigenvalue weighted by Gasteiger charge is 2.29. The van der Waals surface area contributed by atoms with Crippen molar-refractivity contribution in [3.8, 4) is 0 Å². The van der Waals surface area contributed by atoms with Crippen molar-refractivity contribution in [1.82, 2.24) is 20.0 Å². The van der Waals surface area contributed by atoms with Gasteiger partial charge in [-0.25, -0.2) is 0 Å². The van der Waals surface area contributed by atoms with Crippen LogP contribution in [0.5, 0.6) is 0 Å². The molecule has 0 bridgehead atoms. The molecule has 0 radical (unpaired) electrons. The van der Waals surface area contributed by atoms with Crippen LogP contribution in [0.4, 0.5) is 0 Å². The van der Waals surface area contributed by atoms with Crippen molar-refractivity contribution in [1.29, 1.82) is 0 Å². The Morgan fingerprint density at radius 1 is 1.32 bits per heavy atom.